The number of benzene rings is 5. The van der Waals surface area contributed by atoms with Crippen molar-refractivity contribution < 1.29 is 0 Å². The van der Waals surface area contributed by atoms with E-state index < -0.39 is 0 Å². The van der Waals surface area contributed by atoms with Gasteiger partial charge in [0.2, 0.25) is 0 Å². The summed E-state index contributed by atoms with van der Waals surface area (Å²) in [6.45, 7) is 6.42. The van der Waals surface area contributed by atoms with Gasteiger partial charge in [0.25, 0.3) is 0 Å². The average molecular weight is 466 g/mol. The molecular weight excluding hydrogens is 438 g/mol. The Morgan fingerprint density at radius 2 is 0.944 bits per heavy atom. The first-order valence-electron chi connectivity index (χ1n) is 12.3. The smallest absolute Gasteiger partial charge is 0.164 e. The summed E-state index contributed by atoms with van der Waals surface area (Å²) < 4.78 is 0. The Morgan fingerprint density at radius 3 is 1.58 bits per heavy atom. The van der Waals surface area contributed by atoms with Crippen molar-refractivity contribution in [1.29, 1.82) is 0 Å². The highest BCUT2D eigenvalue weighted by atomic mass is 15.0. The van der Waals surface area contributed by atoms with Crippen LogP contribution < -0.4 is 0 Å². The van der Waals surface area contributed by atoms with Gasteiger partial charge in [-0.3, -0.25) is 0 Å². The van der Waals surface area contributed by atoms with Gasteiger partial charge in [-0.1, -0.05) is 130 Å². The van der Waals surface area contributed by atoms with E-state index in [-0.39, 0.29) is 5.41 Å². The molecule has 0 spiro atoms. The zero-order valence-electron chi connectivity index (χ0n) is 20.7. The van der Waals surface area contributed by atoms with E-state index >= 15 is 0 Å². The molecule has 0 saturated heterocycles. The third-order valence-corrected chi connectivity index (χ3v) is 6.58. The highest BCUT2D eigenvalue weighted by molar-refractivity contribution is 5.97. The van der Waals surface area contributed by atoms with Crippen molar-refractivity contribution in [2.24, 2.45) is 0 Å². The predicted octanol–water partition coefficient (Wildman–Crippen LogP) is 8.48. The summed E-state index contributed by atoms with van der Waals surface area (Å²) in [6, 6.07) is 38.2. The number of hydrogen-bond acceptors (Lipinski definition) is 3. The molecule has 0 aliphatic heterocycles. The molecule has 36 heavy (non-hydrogen) atoms. The maximum absolute atomic E-state index is 4.97. The molecule has 0 N–H and O–H groups in total. The molecule has 6 rings (SSSR count). The Morgan fingerprint density at radius 1 is 0.444 bits per heavy atom. The van der Waals surface area contributed by atoms with Crippen molar-refractivity contribution in [1.82, 2.24) is 15.0 Å². The molecule has 1 aromatic heterocycles. The van der Waals surface area contributed by atoms with Gasteiger partial charge in [-0.05, 0) is 32.7 Å². The number of hydrogen-bond donors (Lipinski definition) is 0. The summed E-state index contributed by atoms with van der Waals surface area (Å²) in [4.78, 5) is 14.8. The molecule has 0 amide bonds. The van der Waals surface area contributed by atoms with Crippen molar-refractivity contribution >= 4 is 21.5 Å². The Hall–Kier alpha value is -4.37. The molecule has 0 unspecified atom stereocenters. The quantitative estimate of drug-likeness (QED) is 0.263. The van der Waals surface area contributed by atoms with E-state index in [1.165, 1.54) is 27.3 Å². The summed E-state index contributed by atoms with van der Waals surface area (Å²) in [5.41, 5.74) is 4.19. The lowest BCUT2D eigenvalue weighted by Gasteiger charge is -2.18. The minimum Gasteiger partial charge on any atom is -0.212 e. The van der Waals surface area contributed by atoms with Crippen LogP contribution in [0, 0.1) is 0 Å². The SMILES string of the molecule is CC(C)(C)c1nc(-c2ccc(-c3cccc4ccccc34)cc2)nc(-c2cccc3ccccc23)n1. The van der Waals surface area contributed by atoms with Gasteiger partial charge in [0, 0.05) is 16.5 Å². The molecular formula is C33H27N3. The van der Waals surface area contributed by atoms with Crippen LogP contribution in [0.3, 0.4) is 0 Å². The summed E-state index contributed by atoms with van der Waals surface area (Å²) in [6.07, 6.45) is 0. The highest BCUT2D eigenvalue weighted by Crippen LogP contribution is 2.32. The summed E-state index contributed by atoms with van der Waals surface area (Å²) >= 11 is 0. The Kier molecular flexibility index (Phi) is 5.34. The van der Waals surface area contributed by atoms with Crippen LogP contribution in [0.2, 0.25) is 0 Å². The minimum absolute atomic E-state index is 0.208. The van der Waals surface area contributed by atoms with E-state index in [1.807, 2.05) is 0 Å². The van der Waals surface area contributed by atoms with E-state index in [4.69, 9.17) is 15.0 Å². The fraction of sp³-hybridized carbons (Fsp3) is 0.121. The Bertz CT molecular complexity index is 1700. The van der Waals surface area contributed by atoms with Gasteiger partial charge >= 0.3 is 0 Å². The second-order valence-corrected chi connectivity index (χ2v) is 10.2. The molecule has 0 atom stereocenters. The molecule has 3 nitrogen and oxygen atoms in total. The standard InChI is InChI=1S/C33H27N3/c1-33(2,3)32-35-30(34-31(36-32)29-17-9-13-23-11-5-7-15-28(23)29)25-20-18-24(19-21-25)27-16-8-12-22-10-4-6-14-26(22)27/h4-21H,1-3H3. The molecule has 0 bridgehead atoms. The lowest BCUT2D eigenvalue weighted by molar-refractivity contribution is 0.543. The monoisotopic (exact) mass is 465 g/mol. The van der Waals surface area contributed by atoms with Gasteiger partial charge in [0.05, 0.1) is 0 Å². The number of nitrogens with zero attached hydrogens (tertiary/aromatic N) is 3. The van der Waals surface area contributed by atoms with Crippen LogP contribution in [-0.4, -0.2) is 15.0 Å². The van der Waals surface area contributed by atoms with Gasteiger partial charge in [-0.25, -0.2) is 15.0 Å². The van der Waals surface area contributed by atoms with Crippen molar-refractivity contribution in [3.8, 4) is 33.9 Å². The maximum Gasteiger partial charge on any atom is 0.164 e. The van der Waals surface area contributed by atoms with Crippen molar-refractivity contribution in [3.05, 3.63) is 115 Å². The molecule has 0 aliphatic carbocycles. The van der Waals surface area contributed by atoms with E-state index in [1.54, 1.807) is 0 Å². The van der Waals surface area contributed by atoms with Crippen molar-refractivity contribution in [2.45, 2.75) is 26.2 Å². The van der Waals surface area contributed by atoms with Crippen LogP contribution in [0.5, 0.6) is 0 Å². The lowest BCUT2D eigenvalue weighted by Crippen LogP contribution is -2.18. The zero-order chi connectivity index (χ0) is 24.7. The summed E-state index contributed by atoms with van der Waals surface area (Å²) in [5, 5.41) is 4.81. The molecule has 0 saturated carbocycles. The van der Waals surface area contributed by atoms with E-state index in [9.17, 15) is 0 Å². The van der Waals surface area contributed by atoms with Crippen LogP contribution in [0.1, 0.15) is 26.6 Å². The molecule has 0 aliphatic rings. The van der Waals surface area contributed by atoms with Gasteiger partial charge in [0.1, 0.15) is 5.82 Å². The second kappa shape index (κ2) is 8.69. The Balaban J connectivity index is 1.48. The third kappa shape index (κ3) is 4.03. The first kappa shape index (κ1) is 22.1. The van der Waals surface area contributed by atoms with E-state index in [2.05, 4.69) is 130 Å². The van der Waals surface area contributed by atoms with Crippen LogP contribution in [-0.2, 0) is 5.41 Å². The van der Waals surface area contributed by atoms with Crippen LogP contribution >= 0.6 is 0 Å². The van der Waals surface area contributed by atoms with Gasteiger partial charge in [-0.2, -0.15) is 0 Å². The topological polar surface area (TPSA) is 38.7 Å². The average Bonchev–Trinajstić information content (AvgIpc) is 2.92. The number of rotatable bonds is 3. The molecule has 3 heteroatoms. The first-order chi connectivity index (χ1) is 17.5. The van der Waals surface area contributed by atoms with Gasteiger partial charge in [0.15, 0.2) is 11.6 Å². The van der Waals surface area contributed by atoms with Gasteiger partial charge in [-0.15, -0.1) is 0 Å². The predicted molar refractivity (Wildman–Crippen MR) is 150 cm³/mol. The maximum atomic E-state index is 4.97. The first-order valence-corrected chi connectivity index (χ1v) is 12.3. The van der Waals surface area contributed by atoms with Crippen LogP contribution in [0.15, 0.2) is 109 Å². The number of fused-ring (bicyclic) bond motifs is 2. The van der Waals surface area contributed by atoms with Crippen LogP contribution in [0.4, 0.5) is 0 Å². The molecule has 0 fully saturated rings. The van der Waals surface area contributed by atoms with Crippen LogP contribution in [0.25, 0.3) is 55.4 Å². The molecule has 0 radical (unpaired) electrons. The highest BCUT2D eigenvalue weighted by Gasteiger charge is 2.21. The fourth-order valence-corrected chi connectivity index (χ4v) is 4.66. The Labute approximate surface area is 211 Å². The minimum atomic E-state index is -0.208. The largest absolute Gasteiger partial charge is 0.212 e. The van der Waals surface area contributed by atoms with Crippen molar-refractivity contribution in [2.75, 3.05) is 0 Å². The second-order valence-electron chi connectivity index (χ2n) is 10.2. The van der Waals surface area contributed by atoms with E-state index in [0.717, 1.165) is 22.3 Å². The van der Waals surface area contributed by atoms with E-state index in [0.29, 0.717) is 11.6 Å². The summed E-state index contributed by atoms with van der Waals surface area (Å²) in [5.74, 6) is 2.19. The fourth-order valence-electron chi connectivity index (χ4n) is 4.66. The number of aromatic nitrogens is 3. The normalized spacial score (nSPS) is 11.8. The molecule has 174 valence electrons. The molecule has 5 aromatic carbocycles. The molecule has 6 aromatic rings. The van der Waals surface area contributed by atoms with Gasteiger partial charge < -0.3 is 0 Å². The lowest BCUT2D eigenvalue weighted by atomic mass is 9.95. The van der Waals surface area contributed by atoms with Crippen molar-refractivity contribution in [3.63, 3.8) is 0 Å². The third-order valence-electron chi connectivity index (χ3n) is 6.58. The zero-order valence-corrected chi connectivity index (χ0v) is 20.7. The molecule has 1 heterocycles. The summed E-state index contributed by atoms with van der Waals surface area (Å²) in [7, 11) is 0.